The first kappa shape index (κ1) is 15.8. The van der Waals surface area contributed by atoms with Crippen LogP contribution in [0.4, 0.5) is 0 Å². The first-order valence-corrected chi connectivity index (χ1v) is 7.24. The number of rotatable bonds is 8. The molecule has 1 heterocycles. The molecule has 0 spiro atoms. The lowest BCUT2D eigenvalue weighted by Crippen LogP contribution is -2.32. The van der Waals surface area contributed by atoms with E-state index in [1.807, 2.05) is 24.3 Å². The smallest absolute Gasteiger partial charge is 0.129 e. The SMILES string of the molecule is Cc1ccccc1[C@H](C)NCC(O)COCc1ccco1. The third-order valence-electron chi connectivity index (χ3n) is 3.45. The molecule has 0 amide bonds. The van der Waals surface area contributed by atoms with Gasteiger partial charge in [-0.25, -0.2) is 0 Å². The number of hydrogen-bond donors (Lipinski definition) is 2. The van der Waals surface area contributed by atoms with E-state index in [0.717, 1.165) is 5.76 Å². The summed E-state index contributed by atoms with van der Waals surface area (Å²) in [5.74, 6) is 0.767. The van der Waals surface area contributed by atoms with Crippen molar-refractivity contribution in [2.75, 3.05) is 13.2 Å². The highest BCUT2D eigenvalue weighted by Gasteiger charge is 2.10. The summed E-state index contributed by atoms with van der Waals surface area (Å²) in [5.41, 5.74) is 2.50. The Morgan fingerprint density at radius 3 is 2.76 bits per heavy atom. The van der Waals surface area contributed by atoms with Gasteiger partial charge in [0, 0.05) is 12.6 Å². The molecule has 0 fully saturated rings. The predicted octanol–water partition coefficient (Wildman–Crippen LogP) is 2.82. The van der Waals surface area contributed by atoms with Gasteiger partial charge in [-0.1, -0.05) is 24.3 Å². The van der Waals surface area contributed by atoms with E-state index in [1.54, 1.807) is 6.26 Å². The van der Waals surface area contributed by atoms with Crippen LogP contribution >= 0.6 is 0 Å². The summed E-state index contributed by atoms with van der Waals surface area (Å²) in [4.78, 5) is 0. The number of aliphatic hydroxyl groups is 1. The molecule has 0 aliphatic carbocycles. The fraction of sp³-hybridized carbons (Fsp3) is 0.412. The van der Waals surface area contributed by atoms with Crippen molar-refractivity contribution in [1.82, 2.24) is 5.32 Å². The van der Waals surface area contributed by atoms with E-state index in [1.165, 1.54) is 11.1 Å². The molecular weight excluding hydrogens is 266 g/mol. The number of hydrogen-bond acceptors (Lipinski definition) is 4. The molecule has 2 rings (SSSR count). The molecule has 1 aromatic heterocycles. The Labute approximate surface area is 125 Å². The summed E-state index contributed by atoms with van der Waals surface area (Å²) in [6, 6.07) is 12.1. The standard InChI is InChI=1S/C17H23NO3/c1-13-6-3-4-8-17(13)14(2)18-10-15(19)11-20-12-16-7-5-9-21-16/h3-9,14-15,18-19H,10-12H2,1-2H3/t14-,15?/m0/s1. The second-order valence-electron chi connectivity index (χ2n) is 5.23. The molecule has 114 valence electrons. The third kappa shape index (κ3) is 5.01. The van der Waals surface area contributed by atoms with Crippen LogP contribution in [-0.4, -0.2) is 24.4 Å². The first-order chi connectivity index (χ1) is 10.2. The van der Waals surface area contributed by atoms with Crippen LogP contribution in [0.1, 0.15) is 29.9 Å². The van der Waals surface area contributed by atoms with Crippen LogP contribution < -0.4 is 5.32 Å². The molecule has 1 aromatic carbocycles. The summed E-state index contributed by atoms with van der Waals surface area (Å²) in [7, 11) is 0. The molecule has 0 saturated heterocycles. The second kappa shape index (κ2) is 7.98. The molecule has 2 N–H and O–H groups in total. The molecule has 0 radical (unpaired) electrons. The normalized spacial score (nSPS) is 14.0. The van der Waals surface area contributed by atoms with Crippen LogP contribution in [0.15, 0.2) is 47.1 Å². The quantitative estimate of drug-likeness (QED) is 0.784. The lowest BCUT2D eigenvalue weighted by atomic mass is 10.0. The van der Waals surface area contributed by atoms with Crippen LogP contribution in [0, 0.1) is 6.92 Å². The van der Waals surface area contributed by atoms with E-state index in [2.05, 4.69) is 31.3 Å². The van der Waals surface area contributed by atoms with E-state index in [9.17, 15) is 5.11 Å². The number of aliphatic hydroxyl groups excluding tert-OH is 1. The number of aryl methyl sites for hydroxylation is 1. The van der Waals surface area contributed by atoms with Crippen molar-refractivity contribution in [3.8, 4) is 0 Å². The van der Waals surface area contributed by atoms with Gasteiger partial charge in [0.1, 0.15) is 12.4 Å². The third-order valence-corrected chi connectivity index (χ3v) is 3.45. The maximum atomic E-state index is 9.92. The molecule has 4 nitrogen and oxygen atoms in total. The van der Waals surface area contributed by atoms with Gasteiger partial charge in [0.2, 0.25) is 0 Å². The van der Waals surface area contributed by atoms with Gasteiger partial charge < -0.3 is 19.6 Å². The lowest BCUT2D eigenvalue weighted by molar-refractivity contribution is 0.0217. The highest BCUT2D eigenvalue weighted by atomic mass is 16.5. The van der Waals surface area contributed by atoms with Crippen molar-refractivity contribution in [2.24, 2.45) is 0 Å². The highest BCUT2D eigenvalue weighted by molar-refractivity contribution is 5.28. The number of furan rings is 1. The Morgan fingerprint density at radius 2 is 2.05 bits per heavy atom. The molecule has 1 unspecified atom stereocenters. The van der Waals surface area contributed by atoms with Crippen molar-refractivity contribution in [3.63, 3.8) is 0 Å². The summed E-state index contributed by atoms with van der Waals surface area (Å²) in [6.07, 6.45) is 1.08. The minimum Gasteiger partial charge on any atom is -0.467 e. The monoisotopic (exact) mass is 289 g/mol. The molecule has 0 aliphatic rings. The van der Waals surface area contributed by atoms with Gasteiger partial charge >= 0.3 is 0 Å². The number of ether oxygens (including phenoxy) is 1. The zero-order valence-corrected chi connectivity index (χ0v) is 12.6. The van der Waals surface area contributed by atoms with Crippen molar-refractivity contribution in [3.05, 3.63) is 59.5 Å². The number of nitrogens with one attached hydrogen (secondary N) is 1. The summed E-state index contributed by atoms with van der Waals surface area (Å²) < 4.78 is 10.6. The van der Waals surface area contributed by atoms with Crippen LogP contribution in [0.2, 0.25) is 0 Å². The van der Waals surface area contributed by atoms with E-state index in [0.29, 0.717) is 13.2 Å². The van der Waals surface area contributed by atoms with Crippen molar-refractivity contribution in [2.45, 2.75) is 32.6 Å². The topological polar surface area (TPSA) is 54.6 Å². The lowest BCUT2D eigenvalue weighted by Gasteiger charge is -2.19. The minimum absolute atomic E-state index is 0.200. The highest BCUT2D eigenvalue weighted by Crippen LogP contribution is 2.16. The Kier molecular flexibility index (Phi) is 5.99. The first-order valence-electron chi connectivity index (χ1n) is 7.24. The van der Waals surface area contributed by atoms with Crippen LogP contribution in [-0.2, 0) is 11.3 Å². The van der Waals surface area contributed by atoms with Crippen LogP contribution in [0.25, 0.3) is 0 Å². The molecule has 0 bridgehead atoms. The molecule has 2 aromatic rings. The van der Waals surface area contributed by atoms with Crippen molar-refractivity contribution < 1.29 is 14.3 Å². The average molecular weight is 289 g/mol. The largest absolute Gasteiger partial charge is 0.467 e. The summed E-state index contributed by atoms with van der Waals surface area (Å²) >= 11 is 0. The van der Waals surface area contributed by atoms with Gasteiger partial charge in [0.25, 0.3) is 0 Å². The molecule has 0 saturated carbocycles. The van der Waals surface area contributed by atoms with E-state index < -0.39 is 6.10 Å². The van der Waals surface area contributed by atoms with Gasteiger partial charge in [0.15, 0.2) is 0 Å². The fourth-order valence-corrected chi connectivity index (χ4v) is 2.24. The van der Waals surface area contributed by atoms with Crippen molar-refractivity contribution in [1.29, 1.82) is 0 Å². The second-order valence-corrected chi connectivity index (χ2v) is 5.23. The molecule has 21 heavy (non-hydrogen) atoms. The molecule has 0 aliphatic heterocycles. The zero-order valence-electron chi connectivity index (χ0n) is 12.6. The van der Waals surface area contributed by atoms with Crippen molar-refractivity contribution >= 4 is 0 Å². The van der Waals surface area contributed by atoms with Gasteiger partial charge in [-0.05, 0) is 37.1 Å². The van der Waals surface area contributed by atoms with Crippen LogP contribution in [0.5, 0.6) is 0 Å². The van der Waals surface area contributed by atoms with Gasteiger partial charge in [-0.2, -0.15) is 0 Å². The Morgan fingerprint density at radius 1 is 1.24 bits per heavy atom. The molecule has 4 heteroatoms. The summed E-state index contributed by atoms with van der Waals surface area (Å²) in [5, 5.41) is 13.3. The van der Waals surface area contributed by atoms with E-state index in [4.69, 9.17) is 9.15 Å². The van der Waals surface area contributed by atoms with Gasteiger partial charge in [-0.15, -0.1) is 0 Å². The fourth-order valence-electron chi connectivity index (χ4n) is 2.24. The van der Waals surface area contributed by atoms with E-state index in [-0.39, 0.29) is 12.6 Å². The predicted molar refractivity (Wildman–Crippen MR) is 82.0 cm³/mol. The Balaban J connectivity index is 1.68. The van der Waals surface area contributed by atoms with Crippen LogP contribution in [0.3, 0.4) is 0 Å². The maximum absolute atomic E-state index is 9.92. The van der Waals surface area contributed by atoms with E-state index >= 15 is 0 Å². The number of benzene rings is 1. The summed E-state index contributed by atoms with van der Waals surface area (Å²) in [6.45, 7) is 5.36. The molecular formula is C17H23NO3. The maximum Gasteiger partial charge on any atom is 0.129 e. The molecule has 2 atom stereocenters. The van der Waals surface area contributed by atoms with Gasteiger partial charge in [-0.3, -0.25) is 0 Å². The Hall–Kier alpha value is -1.62. The average Bonchev–Trinajstić information content (AvgIpc) is 2.98. The van der Waals surface area contributed by atoms with Gasteiger partial charge in [0.05, 0.1) is 19.0 Å². The zero-order chi connectivity index (χ0) is 15.1. The Bertz CT molecular complexity index is 525. The minimum atomic E-state index is -0.536.